The maximum absolute atomic E-state index is 4.56. The fourth-order valence-electron chi connectivity index (χ4n) is 2.04. The second-order valence-corrected chi connectivity index (χ2v) is 7.62. The molecule has 0 aliphatic carbocycles. The number of hydrogen-bond acceptors (Lipinski definition) is 4. The van der Waals surface area contributed by atoms with Crippen LogP contribution in [0.3, 0.4) is 0 Å². The van der Waals surface area contributed by atoms with Gasteiger partial charge in [-0.3, -0.25) is 4.99 Å². The molecule has 0 atom stereocenters. The number of hydrogen-bond donors (Lipinski definition) is 2. The van der Waals surface area contributed by atoms with E-state index in [1.54, 1.807) is 29.7 Å². The quantitative estimate of drug-likeness (QED) is 0.628. The van der Waals surface area contributed by atoms with E-state index < -0.39 is 0 Å². The van der Waals surface area contributed by atoms with Gasteiger partial charge in [-0.1, -0.05) is 26.8 Å². The molecule has 0 saturated heterocycles. The number of aryl methyl sites for hydroxylation is 1. The summed E-state index contributed by atoms with van der Waals surface area (Å²) in [4.78, 5) is 10.2. The Balaban J connectivity index is 1.85. The Hall–Kier alpha value is -1.40. The van der Waals surface area contributed by atoms with Gasteiger partial charge in [0, 0.05) is 29.3 Å². The van der Waals surface area contributed by atoms with Gasteiger partial charge in [-0.2, -0.15) is 0 Å². The van der Waals surface area contributed by atoms with Crippen LogP contribution in [-0.4, -0.2) is 24.5 Å². The predicted molar refractivity (Wildman–Crippen MR) is 97.0 cm³/mol. The van der Waals surface area contributed by atoms with Crippen LogP contribution in [0, 0.1) is 0 Å². The molecule has 2 heterocycles. The monoisotopic (exact) mass is 336 g/mol. The first-order valence-electron chi connectivity index (χ1n) is 7.47. The molecule has 120 valence electrons. The number of rotatable bonds is 6. The topological polar surface area (TPSA) is 49.3 Å². The van der Waals surface area contributed by atoms with Gasteiger partial charge in [-0.15, -0.1) is 22.7 Å². The van der Waals surface area contributed by atoms with Gasteiger partial charge in [0.05, 0.1) is 17.2 Å². The largest absolute Gasteiger partial charge is 0.356 e. The summed E-state index contributed by atoms with van der Waals surface area (Å²) in [6.45, 7) is 8.16. The number of nitrogens with zero attached hydrogens (tertiary/aromatic N) is 2. The van der Waals surface area contributed by atoms with Gasteiger partial charge in [-0.25, -0.2) is 4.98 Å². The fourth-order valence-corrected chi connectivity index (χ4v) is 3.64. The molecule has 0 unspecified atom stereocenters. The molecule has 0 radical (unpaired) electrons. The molecule has 0 bridgehead atoms. The van der Waals surface area contributed by atoms with Gasteiger partial charge in [0.2, 0.25) is 0 Å². The van der Waals surface area contributed by atoms with Gasteiger partial charge in [-0.05, 0) is 17.9 Å². The molecule has 0 saturated carbocycles. The van der Waals surface area contributed by atoms with Crippen molar-refractivity contribution in [1.82, 2.24) is 15.6 Å². The van der Waals surface area contributed by atoms with Crippen molar-refractivity contribution in [1.29, 1.82) is 0 Å². The van der Waals surface area contributed by atoms with Gasteiger partial charge in [0.1, 0.15) is 0 Å². The van der Waals surface area contributed by atoms with Crippen molar-refractivity contribution in [3.8, 4) is 0 Å². The first-order valence-corrected chi connectivity index (χ1v) is 9.23. The van der Waals surface area contributed by atoms with Crippen LogP contribution in [0.15, 0.2) is 27.9 Å². The smallest absolute Gasteiger partial charge is 0.191 e. The SMILES string of the molecule is CCc1nc(CNC(=NC)NCC(C)(C)c2cccs2)cs1. The summed E-state index contributed by atoms with van der Waals surface area (Å²) in [7, 11) is 1.80. The average Bonchev–Trinajstić information content (AvgIpc) is 3.19. The summed E-state index contributed by atoms with van der Waals surface area (Å²) in [6, 6.07) is 4.28. The van der Waals surface area contributed by atoms with E-state index in [4.69, 9.17) is 0 Å². The van der Waals surface area contributed by atoms with E-state index in [2.05, 4.69) is 64.3 Å². The van der Waals surface area contributed by atoms with Crippen molar-refractivity contribution < 1.29 is 0 Å². The second kappa shape index (κ2) is 7.74. The van der Waals surface area contributed by atoms with Crippen LogP contribution < -0.4 is 10.6 Å². The van der Waals surface area contributed by atoms with Crippen molar-refractivity contribution in [2.75, 3.05) is 13.6 Å². The summed E-state index contributed by atoms with van der Waals surface area (Å²) < 4.78 is 0. The van der Waals surface area contributed by atoms with Crippen molar-refractivity contribution in [2.45, 2.75) is 39.2 Å². The number of thiophene rings is 1. The molecule has 2 rings (SSSR count). The van der Waals surface area contributed by atoms with Gasteiger partial charge in [0.15, 0.2) is 5.96 Å². The Morgan fingerprint density at radius 3 is 2.73 bits per heavy atom. The van der Waals surface area contributed by atoms with E-state index in [1.807, 2.05) is 0 Å². The highest BCUT2D eigenvalue weighted by Crippen LogP contribution is 2.26. The van der Waals surface area contributed by atoms with Crippen molar-refractivity contribution in [3.05, 3.63) is 38.5 Å². The van der Waals surface area contributed by atoms with Crippen molar-refractivity contribution >= 4 is 28.6 Å². The second-order valence-electron chi connectivity index (χ2n) is 5.73. The molecule has 2 N–H and O–H groups in total. The molecule has 0 spiro atoms. The molecule has 2 aromatic rings. The lowest BCUT2D eigenvalue weighted by molar-refractivity contribution is 0.518. The van der Waals surface area contributed by atoms with Gasteiger partial charge >= 0.3 is 0 Å². The molecule has 0 aliphatic heterocycles. The highest BCUT2D eigenvalue weighted by molar-refractivity contribution is 7.10. The lowest BCUT2D eigenvalue weighted by Crippen LogP contribution is -2.43. The van der Waals surface area contributed by atoms with Crippen LogP contribution in [0.5, 0.6) is 0 Å². The lowest BCUT2D eigenvalue weighted by Gasteiger charge is -2.25. The first-order chi connectivity index (χ1) is 10.5. The molecule has 6 heteroatoms. The van der Waals surface area contributed by atoms with Crippen molar-refractivity contribution in [3.63, 3.8) is 0 Å². The third kappa shape index (κ3) is 4.55. The number of guanidine groups is 1. The maximum Gasteiger partial charge on any atom is 0.191 e. The third-order valence-electron chi connectivity index (χ3n) is 3.45. The number of thiazole rings is 1. The van der Waals surface area contributed by atoms with Crippen LogP contribution in [0.25, 0.3) is 0 Å². The number of aromatic nitrogens is 1. The summed E-state index contributed by atoms with van der Waals surface area (Å²) in [5.74, 6) is 0.815. The molecule has 22 heavy (non-hydrogen) atoms. The zero-order chi connectivity index (χ0) is 16.0. The Bertz CT molecular complexity index is 599. The zero-order valence-corrected chi connectivity index (χ0v) is 15.3. The molecule has 0 aliphatic rings. The molecule has 0 aromatic carbocycles. The van der Waals surface area contributed by atoms with E-state index in [0.717, 1.165) is 24.6 Å². The van der Waals surface area contributed by atoms with Crippen LogP contribution in [-0.2, 0) is 18.4 Å². The van der Waals surface area contributed by atoms with E-state index >= 15 is 0 Å². The van der Waals surface area contributed by atoms with Crippen LogP contribution in [0.1, 0.15) is 36.3 Å². The molecule has 4 nitrogen and oxygen atoms in total. The fraction of sp³-hybridized carbons (Fsp3) is 0.500. The highest BCUT2D eigenvalue weighted by Gasteiger charge is 2.21. The maximum atomic E-state index is 4.56. The Kier molecular flexibility index (Phi) is 5.97. The predicted octanol–water partition coefficient (Wildman–Crippen LogP) is 3.41. The third-order valence-corrected chi connectivity index (χ3v) is 5.73. The highest BCUT2D eigenvalue weighted by atomic mass is 32.1. The lowest BCUT2D eigenvalue weighted by atomic mass is 9.91. The molecule has 0 amide bonds. The van der Waals surface area contributed by atoms with Crippen LogP contribution in [0.2, 0.25) is 0 Å². The Morgan fingerprint density at radius 2 is 2.14 bits per heavy atom. The number of aliphatic imine (C=N–C) groups is 1. The molecular weight excluding hydrogens is 312 g/mol. The minimum absolute atomic E-state index is 0.0851. The van der Waals surface area contributed by atoms with E-state index in [1.165, 1.54) is 9.88 Å². The normalized spacial score (nSPS) is 12.5. The minimum Gasteiger partial charge on any atom is -0.356 e. The molecular formula is C16H24N4S2. The number of nitrogens with one attached hydrogen (secondary N) is 2. The van der Waals surface area contributed by atoms with E-state index in [-0.39, 0.29) is 5.41 Å². The van der Waals surface area contributed by atoms with E-state index in [9.17, 15) is 0 Å². The van der Waals surface area contributed by atoms with Gasteiger partial charge in [0.25, 0.3) is 0 Å². The summed E-state index contributed by atoms with van der Waals surface area (Å²) >= 11 is 3.51. The van der Waals surface area contributed by atoms with Crippen LogP contribution in [0.4, 0.5) is 0 Å². The van der Waals surface area contributed by atoms with E-state index in [0.29, 0.717) is 6.54 Å². The zero-order valence-electron chi connectivity index (χ0n) is 13.6. The molecule has 0 fully saturated rings. The van der Waals surface area contributed by atoms with Crippen LogP contribution >= 0.6 is 22.7 Å². The average molecular weight is 337 g/mol. The Morgan fingerprint density at radius 1 is 1.32 bits per heavy atom. The first kappa shape index (κ1) is 17.0. The minimum atomic E-state index is 0.0851. The van der Waals surface area contributed by atoms with Gasteiger partial charge < -0.3 is 10.6 Å². The molecule has 2 aromatic heterocycles. The summed E-state index contributed by atoms with van der Waals surface area (Å²) in [5.41, 5.74) is 1.16. The van der Waals surface area contributed by atoms with Crippen molar-refractivity contribution in [2.24, 2.45) is 4.99 Å². The summed E-state index contributed by atoms with van der Waals surface area (Å²) in [6.07, 6.45) is 0.993. The Labute approximate surface area is 140 Å². The standard InChI is InChI=1S/C16H24N4S2/c1-5-14-20-12(10-22-14)9-18-15(17-4)19-11-16(2,3)13-7-6-8-21-13/h6-8,10H,5,9,11H2,1-4H3,(H2,17,18,19). The summed E-state index contributed by atoms with van der Waals surface area (Å²) in [5, 5.41) is 12.1.